The van der Waals surface area contributed by atoms with Gasteiger partial charge in [0.15, 0.2) is 0 Å². The Bertz CT molecular complexity index is 454. The summed E-state index contributed by atoms with van der Waals surface area (Å²) in [5.41, 5.74) is 1.44. The molecule has 2 aliphatic heterocycles. The molecule has 2 fully saturated rings. The Balaban J connectivity index is 1.59. The van der Waals surface area contributed by atoms with Gasteiger partial charge >= 0.3 is 0 Å². The van der Waals surface area contributed by atoms with E-state index in [1.807, 2.05) is 0 Å². The molecule has 3 heteroatoms. The number of nitrogens with zero attached hydrogens (tertiary/aromatic N) is 1. The van der Waals surface area contributed by atoms with Crippen LogP contribution >= 0.6 is 0 Å². The smallest absolute Gasteiger partial charge is 0.226 e. The molecule has 21 heavy (non-hydrogen) atoms. The topological polar surface area (TPSA) is 32.3 Å². The van der Waals surface area contributed by atoms with Crippen LogP contribution in [0.25, 0.3) is 0 Å². The van der Waals surface area contributed by atoms with Gasteiger partial charge in [-0.05, 0) is 50.1 Å². The van der Waals surface area contributed by atoms with Crippen molar-refractivity contribution in [3.63, 3.8) is 0 Å². The van der Waals surface area contributed by atoms with E-state index >= 15 is 0 Å². The van der Waals surface area contributed by atoms with Gasteiger partial charge in [-0.2, -0.15) is 0 Å². The minimum Gasteiger partial charge on any atom is -0.342 e. The fraction of sp³-hybridized carbons (Fsp3) is 0.611. The van der Waals surface area contributed by atoms with E-state index in [9.17, 15) is 4.79 Å². The highest BCUT2D eigenvalue weighted by Gasteiger charge is 2.28. The number of hydrogen-bond donors (Lipinski definition) is 1. The SMILES string of the molecule is O=C(C1CCCNC1)N1CCCC(c2ccccc2)CC1. The number of likely N-dealkylation sites (tertiary alicyclic amines) is 1. The lowest BCUT2D eigenvalue weighted by molar-refractivity contribution is -0.136. The Hall–Kier alpha value is -1.35. The summed E-state index contributed by atoms with van der Waals surface area (Å²) in [5.74, 6) is 1.22. The Kier molecular flexibility index (Phi) is 4.91. The Morgan fingerprint density at radius 1 is 1.05 bits per heavy atom. The molecular weight excluding hydrogens is 260 g/mol. The predicted molar refractivity (Wildman–Crippen MR) is 85.2 cm³/mol. The molecule has 0 aliphatic carbocycles. The molecule has 2 unspecified atom stereocenters. The van der Waals surface area contributed by atoms with Gasteiger partial charge in [0.2, 0.25) is 5.91 Å². The van der Waals surface area contributed by atoms with Gasteiger partial charge < -0.3 is 10.2 Å². The van der Waals surface area contributed by atoms with Crippen LogP contribution < -0.4 is 5.32 Å². The van der Waals surface area contributed by atoms with E-state index in [1.165, 1.54) is 12.0 Å². The normalized spacial score (nSPS) is 27.1. The first kappa shape index (κ1) is 14.6. The van der Waals surface area contributed by atoms with Gasteiger partial charge in [-0.3, -0.25) is 4.79 Å². The second-order valence-electron chi connectivity index (χ2n) is 6.41. The van der Waals surface area contributed by atoms with Gasteiger partial charge in [-0.25, -0.2) is 0 Å². The van der Waals surface area contributed by atoms with Gasteiger partial charge in [0.25, 0.3) is 0 Å². The second-order valence-corrected chi connectivity index (χ2v) is 6.41. The van der Waals surface area contributed by atoms with Crippen molar-refractivity contribution in [1.29, 1.82) is 0 Å². The highest BCUT2D eigenvalue weighted by molar-refractivity contribution is 5.79. The average molecular weight is 286 g/mol. The zero-order chi connectivity index (χ0) is 14.5. The van der Waals surface area contributed by atoms with Crippen LogP contribution in [-0.2, 0) is 4.79 Å². The molecule has 2 saturated heterocycles. The quantitative estimate of drug-likeness (QED) is 0.906. The lowest BCUT2D eigenvalue weighted by Crippen LogP contribution is -2.43. The van der Waals surface area contributed by atoms with E-state index in [0.717, 1.165) is 51.9 Å². The van der Waals surface area contributed by atoms with Crippen molar-refractivity contribution in [1.82, 2.24) is 10.2 Å². The Morgan fingerprint density at radius 3 is 2.67 bits per heavy atom. The summed E-state index contributed by atoms with van der Waals surface area (Å²) in [6.45, 7) is 3.81. The maximum Gasteiger partial charge on any atom is 0.226 e. The van der Waals surface area contributed by atoms with E-state index in [-0.39, 0.29) is 5.92 Å². The molecule has 1 aromatic carbocycles. The largest absolute Gasteiger partial charge is 0.342 e. The summed E-state index contributed by atoms with van der Waals surface area (Å²) in [6, 6.07) is 10.8. The molecule has 2 atom stereocenters. The fourth-order valence-corrected chi connectivity index (χ4v) is 3.70. The van der Waals surface area contributed by atoms with E-state index in [1.54, 1.807) is 0 Å². The number of piperidine rings is 1. The lowest BCUT2D eigenvalue weighted by Gasteiger charge is -2.29. The first-order valence-corrected chi connectivity index (χ1v) is 8.39. The number of nitrogens with one attached hydrogen (secondary N) is 1. The third kappa shape index (κ3) is 3.65. The number of benzene rings is 1. The molecule has 3 rings (SSSR count). The van der Waals surface area contributed by atoms with Gasteiger partial charge in [0.05, 0.1) is 5.92 Å². The van der Waals surface area contributed by atoms with Crippen LogP contribution in [0.4, 0.5) is 0 Å². The molecule has 1 amide bonds. The maximum absolute atomic E-state index is 12.6. The van der Waals surface area contributed by atoms with Crippen LogP contribution in [0.3, 0.4) is 0 Å². The summed E-state index contributed by atoms with van der Waals surface area (Å²) in [6.07, 6.45) is 5.64. The third-order valence-electron chi connectivity index (χ3n) is 4.96. The van der Waals surface area contributed by atoms with E-state index in [0.29, 0.717) is 11.8 Å². The molecule has 2 aliphatic rings. The number of hydrogen-bond acceptors (Lipinski definition) is 2. The van der Waals surface area contributed by atoms with Crippen LogP contribution in [0.5, 0.6) is 0 Å². The summed E-state index contributed by atoms with van der Waals surface area (Å²) in [7, 11) is 0. The van der Waals surface area contributed by atoms with Crippen molar-refractivity contribution in [2.24, 2.45) is 5.92 Å². The molecular formula is C18H26N2O. The molecule has 2 heterocycles. The fourth-order valence-electron chi connectivity index (χ4n) is 3.70. The number of rotatable bonds is 2. The maximum atomic E-state index is 12.6. The standard InChI is InChI=1S/C18H26N2O/c21-18(17-8-4-11-19-14-17)20-12-5-9-16(10-13-20)15-6-2-1-3-7-15/h1-3,6-7,16-17,19H,4-5,8-14H2. The molecule has 0 aromatic heterocycles. The van der Waals surface area contributed by atoms with Crippen LogP contribution in [0.15, 0.2) is 30.3 Å². The zero-order valence-corrected chi connectivity index (χ0v) is 12.8. The van der Waals surface area contributed by atoms with Crippen molar-refractivity contribution in [3.05, 3.63) is 35.9 Å². The van der Waals surface area contributed by atoms with Crippen LogP contribution in [0.1, 0.15) is 43.6 Å². The van der Waals surface area contributed by atoms with Crippen LogP contribution in [0.2, 0.25) is 0 Å². The Morgan fingerprint density at radius 2 is 1.90 bits per heavy atom. The van der Waals surface area contributed by atoms with E-state index in [2.05, 4.69) is 40.5 Å². The van der Waals surface area contributed by atoms with E-state index < -0.39 is 0 Å². The second kappa shape index (κ2) is 7.08. The van der Waals surface area contributed by atoms with Crippen molar-refractivity contribution in [3.8, 4) is 0 Å². The van der Waals surface area contributed by atoms with Crippen molar-refractivity contribution in [2.45, 2.75) is 38.0 Å². The molecule has 1 N–H and O–H groups in total. The molecule has 0 spiro atoms. The number of carbonyl (C=O) groups excluding carboxylic acids is 1. The van der Waals surface area contributed by atoms with E-state index in [4.69, 9.17) is 0 Å². The van der Waals surface area contributed by atoms with Gasteiger partial charge in [-0.1, -0.05) is 30.3 Å². The highest BCUT2D eigenvalue weighted by atomic mass is 16.2. The number of amides is 1. The average Bonchev–Trinajstić information content (AvgIpc) is 2.82. The summed E-state index contributed by atoms with van der Waals surface area (Å²) >= 11 is 0. The van der Waals surface area contributed by atoms with Crippen LogP contribution in [-0.4, -0.2) is 37.0 Å². The van der Waals surface area contributed by atoms with Crippen LogP contribution in [0, 0.1) is 5.92 Å². The molecule has 0 radical (unpaired) electrons. The summed E-state index contributed by atoms with van der Waals surface area (Å²) in [5, 5.41) is 3.36. The zero-order valence-electron chi connectivity index (χ0n) is 12.8. The van der Waals surface area contributed by atoms with Gasteiger partial charge in [-0.15, -0.1) is 0 Å². The van der Waals surface area contributed by atoms with Crippen molar-refractivity contribution < 1.29 is 4.79 Å². The summed E-state index contributed by atoms with van der Waals surface area (Å²) < 4.78 is 0. The van der Waals surface area contributed by atoms with Gasteiger partial charge in [0.1, 0.15) is 0 Å². The van der Waals surface area contributed by atoms with Crippen molar-refractivity contribution in [2.75, 3.05) is 26.2 Å². The molecule has 0 saturated carbocycles. The summed E-state index contributed by atoms with van der Waals surface area (Å²) in [4.78, 5) is 14.8. The minimum absolute atomic E-state index is 0.215. The molecule has 114 valence electrons. The molecule has 0 bridgehead atoms. The molecule has 1 aromatic rings. The monoisotopic (exact) mass is 286 g/mol. The first-order valence-electron chi connectivity index (χ1n) is 8.39. The first-order chi connectivity index (χ1) is 10.3. The lowest BCUT2D eigenvalue weighted by atomic mass is 9.92. The minimum atomic E-state index is 0.215. The van der Waals surface area contributed by atoms with Gasteiger partial charge in [0, 0.05) is 19.6 Å². The third-order valence-corrected chi connectivity index (χ3v) is 4.96. The number of carbonyl (C=O) groups is 1. The molecule has 3 nitrogen and oxygen atoms in total. The Labute approximate surface area is 127 Å². The van der Waals surface area contributed by atoms with Crippen molar-refractivity contribution >= 4 is 5.91 Å². The highest BCUT2D eigenvalue weighted by Crippen LogP contribution is 2.28. The predicted octanol–water partition coefficient (Wildman–Crippen LogP) is 2.78.